The Bertz CT molecular complexity index is 772. The van der Waals surface area contributed by atoms with Gasteiger partial charge in [0, 0.05) is 14.0 Å². The van der Waals surface area contributed by atoms with Crippen LogP contribution in [-0.4, -0.2) is 55.4 Å². The second kappa shape index (κ2) is 11.2. The van der Waals surface area contributed by atoms with Gasteiger partial charge in [-0.05, 0) is 11.1 Å². The van der Waals surface area contributed by atoms with E-state index in [-0.39, 0.29) is 19.1 Å². The lowest BCUT2D eigenvalue weighted by Crippen LogP contribution is -2.65. The first-order valence-corrected chi connectivity index (χ1v) is 9.99. The van der Waals surface area contributed by atoms with Gasteiger partial charge in [-0.2, -0.15) is 0 Å². The molecule has 3 rings (SSSR count). The van der Waals surface area contributed by atoms with Crippen LogP contribution < -0.4 is 5.32 Å². The molecule has 0 saturated carbocycles. The van der Waals surface area contributed by atoms with E-state index in [1.807, 2.05) is 60.7 Å². The van der Waals surface area contributed by atoms with Crippen LogP contribution in [0.25, 0.3) is 0 Å². The predicted octanol–water partition coefficient (Wildman–Crippen LogP) is 2.03. The maximum absolute atomic E-state index is 11.7. The number of ether oxygens (including phenoxy) is 4. The largest absolute Gasteiger partial charge is 0.388 e. The molecule has 0 bridgehead atoms. The first-order valence-electron chi connectivity index (χ1n) is 9.99. The normalized spacial score (nSPS) is 26.3. The minimum Gasteiger partial charge on any atom is -0.388 e. The van der Waals surface area contributed by atoms with Crippen molar-refractivity contribution in [3.05, 3.63) is 71.8 Å². The van der Waals surface area contributed by atoms with Crippen LogP contribution in [0.1, 0.15) is 18.1 Å². The molecule has 2 aromatic rings. The van der Waals surface area contributed by atoms with E-state index in [9.17, 15) is 9.90 Å². The molecular weight excluding hydrogens is 386 g/mol. The molecule has 1 aliphatic heterocycles. The highest BCUT2D eigenvalue weighted by molar-refractivity contribution is 5.73. The Hall–Kier alpha value is -2.29. The van der Waals surface area contributed by atoms with Crippen molar-refractivity contribution in [1.82, 2.24) is 5.32 Å². The van der Waals surface area contributed by atoms with Crippen molar-refractivity contribution in [1.29, 1.82) is 0 Å². The monoisotopic (exact) mass is 415 g/mol. The summed E-state index contributed by atoms with van der Waals surface area (Å²) in [6.07, 6.45) is -3.17. The van der Waals surface area contributed by atoms with Crippen molar-refractivity contribution in [2.75, 3.05) is 13.7 Å². The van der Waals surface area contributed by atoms with Gasteiger partial charge in [0.15, 0.2) is 6.29 Å². The number of carbonyl (C=O) groups excluding carboxylic acids is 1. The Morgan fingerprint density at radius 3 is 2.20 bits per heavy atom. The lowest BCUT2D eigenvalue weighted by atomic mass is 9.96. The number of nitrogens with one attached hydrogen (secondary N) is 1. The Labute approximate surface area is 176 Å². The number of methoxy groups -OCH3 is 1. The van der Waals surface area contributed by atoms with Crippen LogP contribution in [0.4, 0.5) is 0 Å². The van der Waals surface area contributed by atoms with Crippen molar-refractivity contribution in [3.63, 3.8) is 0 Å². The quantitative estimate of drug-likeness (QED) is 0.652. The molecule has 1 amide bonds. The fraction of sp³-hybridized carbons (Fsp3) is 0.435. The summed E-state index contributed by atoms with van der Waals surface area (Å²) >= 11 is 0. The van der Waals surface area contributed by atoms with E-state index in [1.165, 1.54) is 14.0 Å². The highest BCUT2D eigenvalue weighted by atomic mass is 16.7. The molecule has 0 aromatic heterocycles. The zero-order chi connectivity index (χ0) is 21.3. The Morgan fingerprint density at radius 2 is 1.63 bits per heavy atom. The van der Waals surface area contributed by atoms with Crippen LogP contribution in [0, 0.1) is 0 Å². The van der Waals surface area contributed by atoms with Crippen molar-refractivity contribution in [3.8, 4) is 0 Å². The van der Waals surface area contributed by atoms with Crippen LogP contribution in [0.3, 0.4) is 0 Å². The van der Waals surface area contributed by atoms with Gasteiger partial charge in [0.2, 0.25) is 5.91 Å². The summed E-state index contributed by atoms with van der Waals surface area (Å²) in [4.78, 5) is 11.7. The van der Waals surface area contributed by atoms with Crippen molar-refractivity contribution >= 4 is 5.91 Å². The predicted molar refractivity (Wildman–Crippen MR) is 110 cm³/mol. The van der Waals surface area contributed by atoms with Crippen LogP contribution in [0.15, 0.2) is 60.7 Å². The second-order valence-corrected chi connectivity index (χ2v) is 7.26. The molecule has 1 fully saturated rings. The topological polar surface area (TPSA) is 86.2 Å². The first-order chi connectivity index (χ1) is 14.6. The van der Waals surface area contributed by atoms with E-state index in [0.29, 0.717) is 6.61 Å². The number of benzene rings is 2. The van der Waals surface area contributed by atoms with E-state index < -0.39 is 30.6 Å². The molecule has 0 spiro atoms. The lowest BCUT2D eigenvalue weighted by molar-refractivity contribution is -0.274. The molecule has 5 atom stereocenters. The van der Waals surface area contributed by atoms with Crippen LogP contribution in [0.5, 0.6) is 0 Å². The summed E-state index contributed by atoms with van der Waals surface area (Å²) in [6.45, 7) is 2.25. The van der Waals surface area contributed by atoms with E-state index in [2.05, 4.69) is 5.32 Å². The maximum atomic E-state index is 11.7. The van der Waals surface area contributed by atoms with Gasteiger partial charge >= 0.3 is 0 Å². The minimum atomic E-state index is -1.01. The number of amides is 1. The SMILES string of the molecule is CO[C@@H]1O[C@H](COCc2ccccc2)[C@H](O)[C@H](OCc2ccccc2)[C@@H]1NC(C)=O. The number of carbonyl (C=O) groups is 1. The summed E-state index contributed by atoms with van der Waals surface area (Å²) in [5.74, 6) is -0.259. The smallest absolute Gasteiger partial charge is 0.217 e. The molecule has 1 saturated heterocycles. The standard InChI is InChI=1S/C23H29NO6/c1-16(25)24-20-22(29-14-18-11-7-4-8-12-18)21(26)19(30-23(20)27-2)15-28-13-17-9-5-3-6-10-17/h3-12,19-23,26H,13-15H2,1-2H3,(H,24,25)/t19-,20+,21+,22-,23-/m1/s1. The maximum Gasteiger partial charge on any atom is 0.217 e. The summed E-state index contributed by atoms with van der Waals surface area (Å²) in [7, 11) is 1.49. The molecule has 2 aromatic carbocycles. The molecule has 1 aliphatic rings. The van der Waals surface area contributed by atoms with Gasteiger partial charge in [0.1, 0.15) is 24.4 Å². The average Bonchev–Trinajstić information content (AvgIpc) is 2.76. The van der Waals surface area contributed by atoms with E-state index in [4.69, 9.17) is 18.9 Å². The number of hydrogen-bond acceptors (Lipinski definition) is 6. The molecule has 162 valence electrons. The van der Waals surface area contributed by atoms with Crippen LogP contribution >= 0.6 is 0 Å². The van der Waals surface area contributed by atoms with Crippen molar-refractivity contribution in [2.24, 2.45) is 0 Å². The first kappa shape index (κ1) is 22.4. The summed E-state index contributed by atoms with van der Waals surface area (Å²) in [6, 6.07) is 18.7. The molecule has 30 heavy (non-hydrogen) atoms. The molecule has 0 aliphatic carbocycles. The van der Waals surface area contributed by atoms with E-state index >= 15 is 0 Å². The van der Waals surface area contributed by atoms with Crippen LogP contribution in [0.2, 0.25) is 0 Å². The third-order valence-electron chi connectivity index (χ3n) is 4.95. The summed E-state index contributed by atoms with van der Waals surface area (Å²) in [5.41, 5.74) is 1.99. The molecule has 7 heteroatoms. The highest BCUT2D eigenvalue weighted by Crippen LogP contribution is 2.26. The van der Waals surface area contributed by atoms with Crippen LogP contribution in [-0.2, 0) is 37.0 Å². The van der Waals surface area contributed by atoms with Gasteiger partial charge in [-0.25, -0.2) is 0 Å². The molecule has 7 nitrogen and oxygen atoms in total. The average molecular weight is 415 g/mol. The third kappa shape index (κ3) is 6.10. The molecular formula is C23H29NO6. The van der Waals surface area contributed by atoms with Gasteiger partial charge < -0.3 is 29.4 Å². The second-order valence-electron chi connectivity index (χ2n) is 7.26. The third-order valence-corrected chi connectivity index (χ3v) is 4.95. The van der Waals surface area contributed by atoms with Crippen molar-refractivity contribution < 1.29 is 28.8 Å². The summed E-state index contributed by atoms with van der Waals surface area (Å²) < 4.78 is 23.1. The molecule has 0 unspecified atom stereocenters. The number of aliphatic hydroxyl groups excluding tert-OH is 1. The zero-order valence-electron chi connectivity index (χ0n) is 17.3. The minimum absolute atomic E-state index is 0.161. The molecule has 0 radical (unpaired) electrons. The van der Waals surface area contributed by atoms with Gasteiger partial charge in [-0.1, -0.05) is 60.7 Å². The summed E-state index contributed by atoms with van der Waals surface area (Å²) in [5, 5.41) is 13.8. The Kier molecular flexibility index (Phi) is 8.36. The molecule has 1 heterocycles. The number of hydrogen-bond donors (Lipinski definition) is 2. The Morgan fingerprint density at radius 1 is 1.03 bits per heavy atom. The number of aliphatic hydroxyl groups is 1. The van der Waals surface area contributed by atoms with E-state index in [1.54, 1.807) is 0 Å². The van der Waals surface area contributed by atoms with Gasteiger partial charge in [-0.15, -0.1) is 0 Å². The zero-order valence-corrected chi connectivity index (χ0v) is 17.3. The molecule has 2 N–H and O–H groups in total. The number of rotatable bonds is 9. The fourth-order valence-corrected chi connectivity index (χ4v) is 3.48. The highest BCUT2D eigenvalue weighted by Gasteiger charge is 2.46. The van der Waals surface area contributed by atoms with Gasteiger partial charge in [0.25, 0.3) is 0 Å². The van der Waals surface area contributed by atoms with Gasteiger partial charge in [0.05, 0.1) is 19.8 Å². The van der Waals surface area contributed by atoms with Crippen molar-refractivity contribution in [2.45, 2.75) is 50.8 Å². The van der Waals surface area contributed by atoms with Gasteiger partial charge in [-0.3, -0.25) is 4.79 Å². The lowest BCUT2D eigenvalue weighted by Gasteiger charge is -2.44. The fourth-order valence-electron chi connectivity index (χ4n) is 3.48. The Balaban J connectivity index is 1.68. The van der Waals surface area contributed by atoms with E-state index in [0.717, 1.165) is 11.1 Å².